The Morgan fingerprint density at radius 2 is 1.53 bits per heavy atom. The van der Waals surface area contributed by atoms with Gasteiger partial charge in [0, 0.05) is 30.1 Å². The molecule has 0 aromatic heterocycles. The summed E-state index contributed by atoms with van der Waals surface area (Å²) in [6, 6.07) is 22.9. The molecule has 3 aromatic rings. The minimum atomic E-state index is -0.608. The topological polar surface area (TPSA) is 93.5 Å². The fraction of sp³-hybridized carbons (Fsp3) is 0.154. The number of primary amides is 1. The second-order valence-corrected chi connectivity index (χ2v) is 7.37. The third-order valence-electron chi connectivity index (χ3n) is 5.25. The average Bonchev–Trinajstić information content (AvgIpc) is 3.12. The van der Waals surface area contributed by atoms with Crippen LogP contribution in [0.3, 0.4) is 0 Å². The predicted octanol–water partition coefficient (Wildman–Crippen LogP) is 4.46. The first-order valence-corrected chi connectivity index (χ1v) is 10.4. The first kappa shape index (κ1) is 21.0. The summed E-state index contributed by atoms with van der Waals surface area (Å²) in [5.41, 5.74) is 11.3. The van der Waals surface area contributed by atoms with Crippen molar-refractivity contribution >= 4 is 17.8 Å². The fourth-order valence-corrected chi connectivity index (χ4v) is 3.82. The standard InChI is InChI=1S/C26H23N3O3/c27-25(30)29-19-14-12-18(13-15-19)7-5-6-16-28-26(31)32-17-24-22-10-3-1-8-20(22)21-9-2-4-11-23(21)24/h1-4,8-15,24H,6,16-17H2,(H,28,31)(H3,27,29,30). The number of benzene rings is 3. The van der Waals surface area contributed by atoms with Crippen LogP contribution in [0.4, 0.5) is 15.3 Å². The molecule has 0 fully saturated rings. The Labute approximate surface area is 186 Å². The maximum Gasteiger partial charge on any atom is 0.407 e. The quantitative estimate of drug-likeness (QED) is 0.416. The molecule has 0 atom stereocenters. The van der Waals surface area contributed by atoms with Gasteiger partial charge in [-0.1, -0.05) is 60.4 Å². The number of carbonyl (C=O) groups is 2. The Balaban J connectivity index is 1.25. The molecule has 1 aliphatic rings. The number of nitrogens with two attached hydrogens (primary N) is 1. The van der Waals surface area contributed by atoms with Crippen LogP contribution < -0.4 is 16.4 Å². The number of amides is 3. The molecule has 0 saturated heterocycles. The van der Waals surface area contributed by atoms with Gasteiger partial charge in [-0.25, -0.2) is 9.59 Å². The molecule has 0 aliphatic heterocycles. The van der Waals surface area contributed by atoms with Crippen molar-refractivity contribution in [2.24, 2.45) is 5.73 Å². The van der Waals surface area contributed by atoms with Crippen molar-refractivity contribution in [3.63, 3.8) is 0 Å². The molecular formula is C26H23N3O3. The summed E-state index contributed by atoms with van der Waals surface area (Å²) < 4.78 is 5.51. The number of hydrogen-bond acceptors (Lipinski definition) is 3. The smallest absolute Gasteiger partial charge is 0.407 e. The molecule has 0 spiro atoms. The van der Waals surface area contributed by atoms with E-state index in [2.05, 4.69) is 46.7 Å². The third kappa shape index (κ3) is 4.90. The highest BCUT2D eigenvalue weighted by molar-refractivity contribution is 5.87. The Hall–Kier alpha value is -4.24. The van der Waals surface area contributed by atoms with E-state index >= 15 is 0 Å². The summed E-state index contributed by atoms with van der Waals surface area (Å²) in [6.07, 6.45) is 0.0430. The van der Waals surface area contributed by atoms with Crippen molar-refractivity contribution < 1.29 is 14.3 Å². The van der Waals surface area contributed by atoms with Gasteiger partial charge in [0.05, 0.1) is 0 Å². The first-order chi connectivity index (χ1) is 15.6. The summed E-state index contributed by atoms with van der Waals surface area (Å²) in [4.78, 5) is 23.0. The number of fused-ring (bicyclic) bond motifs is 3. The van der Waals surface area contributed by atoms with Crippen molar-refractivity contribution in [3.8, 4) is 23.0 Å². The summed E-state index contributed by atoms with van der Waals surface area (Å²) in [5.74, 6) is 6.06. The second-order valence-electron chi connectivity index (χ2n) is 7.37. The van der Waals surface area contributed by atoms with E-state index in [1.807, 2.05) is 24.3 Å². The lowest BCUT2D eigenvalue weighted by molar-refractivity contribution is 0.143. The zero-order valence-corrected chi connectivity index (χ0v) is 17.4. The van der Waals surface area contributed by atoms with Crippen LogP contribution in [-0.4, -0.2) is 25.3 Å². The van der Waals surface area contributed by atoms with Crippen LogP contribution in [0.1, 0.15) is 29.0 Å². The second kappa shape index (κ2) is 9.71. The lowest BCUT2D eigenvalue weighted by Gasteiger charge is -2.14. The van der Waals surface area contributed by atoms with Crippen molar-refractivity contribution in [1.29, 1.82) is 0 Å². The summed E-state index contributed by atoms with van der Waals surface area (Å²) in [5, 5.41) is 5.24. The van der Waals surface area contributed by atoms with Crippen molar-refractivity contribution in [3.05, 3.63) is 89.5 Å². The molecule has 0 unspecified atom stereocenters. The van der Waals surface area contributed by atoms with Gasteiger partial charge in [-0.2, -0.15) is 0 Å². The minimum absolute atomic E-state index is 0.0416. The van der Waals surface area contributed by atoms with Gasteiger partial charge in [0.15, 0.2) is 0 Å². The van der Waals surface area contributed by atoms with Crippen LogP contribution in [-0.2, 0) is 4.74 Å². The minimum Gasteiger partial charge on any atom is -0.449 e. The zero-order valence-electron chi connectivity index (χ0n) is 17.4. The predicted molar refractivity (Wildman–Crippen MR) is 124 cm³/mol. The molecular weight excluding hydrogens is 402 g/mol. The Bertz CT molecular complexity index is 1150. The number of nitrogens with one attached hydrogen (secondary N) is 2. The monoisotopic (exact) mass is 425 g/mol. The highest BCUT2D eigenvalue weighted by atomic mass is 16.5. The van der Waals surface area contributed by atoms with E-state index in [0.717, 1.165) is 5.56 Å². The molecule has 0 radical (unpaired) electrons. The lowest BCUT2D eigenvalue weighted by atomic mass is 9.98. The Morgan fingerprint density at radius 1 is 0.906 bits per heavy atom. The van der Waals surface area contributed by atoms with Crippen molar-refractivity contribution in [2.75, 3.05) is 18.5 Å². The number of urea groups is 1. The SMILES string of the molecule is NC(=O)Nc1ccc(C#CCCNC(=O)OCC2c3ccccc3-c3ccccc32)cc1. The van der Waals surface area contributed by atoms with E-state index in [1.54, 1.807) is 24.3 Å². The Morgan fingerprint density at radius 3 is 2.16 bits per heavy atom. The number of rotatable bonds is 5. The van der Waals surface area contributed by atoms with Crippen LogP contribution in [0.5, 0.6) is 0 Å². The largest absolute Gasteiger partial charge is 0.449 e. The molecule has 0 saturated carbocycles. The van der Waals surface area contributed by atoms with Gasteiger partial charge in [0.1, 0.15) is 6.61 Å². The zero-order chi connectivity index (χ0) is 22.3. The van der Waals surface area contributed by atoms with Crippen LogP contribution in [0.25, 0.3) is 11.1 Å². The van der Waals surface area contributed by atoms with E-state index < -0.39 is 12.1 Å². The van der Waals surface area contributed by atoms with E-state index in [9.17, 15) is 9.59 Å². The maximum absolute atomic E-state index is 12.2. The van der Waals surface area contributed by atoms with Gasteiger partial charge >= 0.3 is 12.1 Å². The fourth-order valence-electron chi connectivity index (χ4n) is 3.82. The normalized spacial score (nSPS) is 11.5. The number of alkyl carbamates (subject to hydrolysis) is 1. The van der Waals surface area contributed by atoms with Gasteiger partial charge in [-0.15, -0.1) is 0 Å². The van der Waals surface area contributed by atoms with Crippen molar-refractivity contribution in [1.82, 2.24) is 5.32 Å². The highest BCUT2D eigenvalue weighted by Gasteiger charge is 2.28. The molecule has 1 aliphatic carbocycles. The lowest BCUT2D eigenvalue weighted by Crippen LogP contribution is -2.26. The van der Waals surface area contributed by atoms with Crippen LogP contribution in [0, 0.1) is 11.8 Å². The third-order valence-corrected chi connectivity index (χ3v) is 5.25. The molecule has 160 valence electrons. The number of anilines is 1. The van der Waals surface area contributed by atoms with Gasteiger partial charge in [0.25, 0.3) is 0 Å². The Kier molecular flexibility index (Phi) is 6.38. The number of carbonyl (C=O) groups excluding carboxylic acids is 2. The molecule has 32 heavy (non-hydrogen) atoms. The van der Waals surface area contributed by atoms with E-state index in [1.165, 1.54) is 22.3 Å². The molecule has 0 heterocycles. The maximum atomic E-state index is 12.2. The van der Waals surface area contributed by atoms with Crippen molar-refractivity contribution in [2.45, 2.75) is 12.3 Å². The van der Waals surface area contributed by atoms with Gasteiger partial charge < -0.3 is 21.1 Å². The molecule has 4 N–H and O–H groups in total. The van der Waals surface area contributed by atoms with Gasteiger partial charge in [-0.05, 0) is 46.5 Å². The molecule has 3 amide bonds. The van der Waals surface area contributed by atoms with E-state index in [0.29, 0.717) is 18.7 Å². The molecule has 6 heteroatoms. The molecule has 3 aromatic carbocycles. The average molecular weight is 425 g/mol. The van der Waals surface area contributed by atoms with Crippen LogP contribution in [0.2, 0.25) is 0 Å². The summed E-state index contributed by atoms with van der Waals surface area (Å²) in [7, 11) is 0. The molecule has 4 rings (SSSR count). The summed E-state index contributed by atoms with van der Waals surface area (Å²) >= 11 is 0. The number of ether oxygens (including phenoxy) is 1. The van der Waals surface area contributed by atoms with Crippen LogP contribution >= 0.6 is 0 Å². The van der Waals surface area contributed by atoms with Gasteiger partial charge in [-0.3, -0.25) is 0 Å². The van der Waals surface area contributed by atoms with E-state index in [-0.39, 0.29) is 12.5 Å². The van der Waals surface area contributed by atoms with E-state index in [4.69, 9.17) is 10.5 Å². The number of hydrogen-bond donors (Lipinski definition) is 3. The molecule has 6 nitrogen and oxygen atoms in total. The van der Waals surface area contributed by atoms with Crippen LogP contribution in [0.15, 0.2) is 72.8 Å². The van der Waals surface area contributed by atoms with Gasteiger partial charge in [0.2, 0.25) is 0 Å². The first-order valence-electron chi connectivity index (χ1n) is 10.4. The molecule has 0 bridgehead atoms. The summed E-state index contributed by atoms with van der Waals surface area (Å²) in [6.45, 7) is 0.683. The highest BCUT2D eigenvalue weighted by Crippen LogP contribution is 2.44.